The number of hydrogen-bond acceptors (Lipinski definition) is 6. The molecule has 0 spiro atoms. The van der Waals surface area contributed by atoms with E-state index in [1.165, 1.54) is 37.0 Å². The van der Waals surface area contributed by atoms with Gasteiger partial charge < -0.3 is 5.32 Å². The summed E-state index contributed by atoms with van der Waals surface area (Å²) >= 11 is 1.35. The number of sulfonamides is 1. The Bertz CT molecular complexity index is 936. The minimum absolute atomic E-state index is 0.0612. The van der Waals surface area contributed by atoms with Gasteiger partial charge in [-0.25, -0.2) is 8.42 Å². The van der Waals surface area contributed by atoms with Crippen molar-refractivity contribution in [3.8, 4) is 0 Å². The normalized spacial score (nSPS) is 20.9. The molecule has 8 nitrogen and oxygen atoms in total. The summed E-state index contributed by atoms with van der Waals surface area (Å²) in [6, 6.07) is 3.04. The number of nitrogens with one attached hydrogen (secondary N) is 1. The quantitative estimate of drug-likeness (QED) is 0.741. The number of imide groups is 1. The second-order valence-corrected chi connectivity index (χ2v) is 10.4. The molecule has 2 aliphatic heterocycles. The number of carbonyl (C=O) groups is 3. The zero-order valence-electron chi connectivity index (χ0n) is 15.5. The Balaban J connectivity index is 1.94. The fourth-order valence-corrected chi connectivity index (χ4v) is 6.14. The summed E-state index contributed by atoms with van der Waals surface area (Å²) in [5.74, 6) is -0.855. The third-order valence-electron chi connectivity index (χ3n) is 4.31. The Hall–Kier alpha value is -1.91. The van der Waals surface area contributed by atoms with Crippen LogP contribution in [0.1, 0.15) is 41.5 Å². The van der Waals surface area contributed by atoms with Gasteiger partial charge in [-0.2, -0.15) is 4.31 Å². The van der Waals surface area contributed by atoms with E-state index in [2.05, 4.69) is 5.32 Å². The van der Waals surface area contributed by atoms with Crippen molar-refractivity contribution in [1.29, 1.82) is 0 Å². The third-order valence-corrected chi connectivity index (χ3v) is 7.34. The lowest BCUT2D eigenvalue weighted by Crippen LogP contribution is -2.52. The molecule has 1 fully saturated rings. The predicted octanol–water partition coefficient (Wildman–Crippen LogP) is 0.891. The van der Waals surface area contributed by atoms with Crippen LogP contribution in [0.4, 0.5) is 0 Å². The molecular formula is C17H21N3O5S2. The summed E-state index contributed by atoms with van der Waals surface area (Å²) in [6.07, 6.45) is 0. The average Bonchev–Trinajstić information content (AvgIpc) is 3.15. The van der Waals surface area contributed by atoms with Crippen LogP contribution in [0.15, 0.2) is 23.1 Å². The lowest BCUT2D eigenvalue weighted by atomic mass is 10.1. The van der Waals surface area contributed by atoms with E-state index in [-0.39, 0.29) is 27.8 Å². The van der Waals surface area contributed by atoms with Gasteiger partial charge in [-0.3, -0.25) is 19.3 Å². The highest BCUT2D eigenvalue weighted by atomic mass is 32.2. The van der Waals surface area contributed by atoms with Crippen LogP contribution >= 0.6 is 11.8 Å². The Labute approximate surface area is 162 Å². The molecule has 2 heterocycles. The Kier molecular flexibility index (Phi) is 4.86. The van der Waals surface area contributed by atoms with E-state index in [4.69, 9.17) is 0 Å². The van der Waals surface area contributed by atoms with Crippen LogP contribution in [0.2, 0.25) is 0 Å². The summed E-state index contributed by atoms with van der Waals surface area (Å²) in [5.41, 5.74) is -0.240. The number of nitrogens with zero attached hydrogens (tertiary/aromatic N) is 2. The first-order chi connectivity index (χ1) is 12.4. The van der Waals surface area contributed by atoms with Crippen LogP contribution in [0.25, 0.3) is 0 Å². The fraction of sp³-hybridized carbons (Fsp3) is 0.471. The van der Waals surface area contributed by atoms with Crippen LogP contribution < -0.4 is 5.32 Å². The summed E-state index contributed by atoms with van der Waals surface area (Å²) in [6.45, 7) is 5.47. The Morgan fingerprint density at radius 3 is 2.44 bits per heavy atom. The van der Waals surface area contributed by atoms with Gasteiger partial charge >= 0.3 is 0 Å². The minimum Gasteiger partial charge on any atom is -0.350 e. The molecule has 1 N–H and O–H groups in total. The minimum atomic E-state index is -4.00. The highest BCUT2D eigenvalue weighted by Crippen LogP contribution is 2.31. The maximum atomic E-state index is 13.1. The summed E-state index contributed by atoms with van der Waals surface area (Å²) in [5, 5.41) is 2.81. The highest BCUT2D eigenvalue weighted by molar-refractivity contribution is 8.00. The van der Waals surface area contributed by atoms with Crippen molar-refractivity contribution in [3.05, 3.63) is 29.3 Å². The Morgan fingerprint density at radius 1 is 1.19 bits per heavy atom. The molecule has 1 aromatic carbocycles. The lowest BCUT2D eigenvalue weighted by Gasteiger charge is -2.27. The van der Waals surface area contributed by atoms with Crippen LogP contribution in [0.5, 0.6) is 0 Å². The fourth-order valence-electron chi connectivity index (χ4n) is 2.96. The van der Waals surface area contributed by atoms with Gasteiger partial charge in [-0.1, -0.05) is 0 Å². The van der Waals surface area contributed by atoms with Crippen molar-refractivity contribution >= 4 is 39.5 Å². The average molecular weight is 412 g/mol. The second kappa shape index (κ2) is 6.61. The van der Waals surface area contributed by atoms with Gasteiger partial charge in [0.1, 0.15) is 6.04 Å². The van der Waals surface area contributed by atoms with Crippen LogP contribution in [0, 0.1) is 0 Å². The molecule has 27 heavy (non-hydrogen) atoms. The number of benzene rings is 1. The highest BCUT2D eigenvalue weighted by Gasteiger charge is 2.42. The van der Waals surface area contributed by atoms with E-state index in [1.807, 2.05) is 20.8 Å². The topological polar surface area (TPSA) is 104 Å². The molecule has 1 aromatic rings. The standard InChI is InChI=1S/C17H21N3O5S2/c1-17(2,3)18-14(21)13-8-26-9-20(13)27(24,25)10-5-6-11-12(7-10)16(23)19(4)15(11)22/h5-7,13H,8-9H2,1-4H3,(H,18,21). The molecule has 0 saturated carbocycles. The summed E-state index contributed by atoms with van der Waals surface area (Å²) in [7, 11) is -2.65. The van der Waals surface area contributed by atoms with Gasteiger partial charge in [-0.05, 0) is 39.0 Å². The monoisotopic (exact) mass is 411 g/mol. The number of rotatable bonds is 3. The maximum absolute atomic E-state index is 13.1. The van der Waals surface area contributed by atoms with E-state index in [0.29, 0.717) is 5.75 Å². The molecule has 10 heteroatoms. The zero-order chi connectivity index (χ0) is 20.1. The first-order valence-electron chi connectivity index (χ1n) is 8.31. The van der Waals surface area contributed by atoms with Crippen molar-refractivity contribution in [1.82, 2.24) is 14.5 Å². The molecule has 0 aromatic heterocycles. The van der Waals surface area contributed by atoms with Crippen molar-refractivity contribution in [2.45, 2.75) is 37.2 Å². The Morgan fingerprint density at radius 2 is 1.81 bits per heavy atom. The van der Waals surface area contributed by atoms with Crippen LogP contribution in [-0.2, 0) is 14.8 Å². The molecular weight excluding hydrogens is 390 g/mol. The second-order valence-electron chi connectivity index (χ2n) is 7.52. The van der Waals surface area contributed by atoms with Crippen molar-refractivity contribution in [3.63, 3.8) is 0 Å². The van der Waals surface area contributed by atoms with Gasteiger partial charge in [0.2, 0.25) is 15.9 Å². The molecule has 2 aliphatic rings. The van der Waals surface area contributed by atoms with Crippen molar-refractivity contribution in [2.24, 2.45) is 0 Å². The van der Waals surface area contributed by atoms with Crippen LogP contribution in [-0.4, -0.2) is 65.6 Å². The first-order valence-corrected chi connectivity index (χ1v) is 10.9. The van der Waals surface area contributed by atoms with E-state index < -0.39 is 33.4 Å². The van der Waals surface area contributed by atoms with E-state index in [1.54, 1.807) is 0 Å². The largest absolute Gasteiger partial charge is 0.350 e. The molecule has 0 bridgehead atoms. The number of amides is 3. The number of carbonyl (C=O) groups excluding carboxylic acids is 3. The molecule has 1 unspecified atom stereocenters. The molecule has 0 aliphatic carbocycles. The molecule has 3 rings (SSSR count). The van der Waals surface area contributed by atoms with E-state index >= 15 is 0 Å². The third kappa shape index (κ3) is 3.48. The smallest absolute Gasteiger partial charge is 0.261 e. The number of hydrogen-bond donors (Lipinski definition) is 1. The number of thioether (sulfide) groups is 1. The molecule has 1 atom stereocenters. The van der Waals surface area contributed by atoms with Gasteiger partial charge in [0, 0.05) is 18.3 Å². The predicted molar refractivity (Wildman–Crippen MR) is 101 cm³/mol. The van der Waals surface area contributed by atoms with Gasteiger partial charge in [0.15, 0.2) is 0 Å². The van der Waals surface area contributed by atoms with Crippen molar-refractivity contribution in [2.75, 3.05) is 18.7 Å². The van der Waals surface area contributed by atoms with Gasteiger partial charge in [0.25, 0.3) is 11.8 Å². The van der Waals surface area contributed by atoms with Gasteiger partial charge in [-0.15, -0.1) is 11.8 Å². The van der Waals surface area contributed by atoms with Crippen LogP contribution in [0.3, 0.4) is 0 Å². The van der Waals surface area contributed by atoms with E-state index in [9.17, 15) is 22.8 Å². The van der Waals surface area contributed by atoms with Crippen molar-refractivity contribution < 1.29 is 22.8 Å². The van der Waals surface area contributed by atoms with E-state index in [0.717, 1.165) is 9.21 Å². The molecule has 1 saturated heterocycles. The SMILES string of the molecule is CN1C(=O)c2ccc(S(=O)(=O)N3CSCC3C(=O)NC(C)(C)C)cc2C1=O. The summed E-state index contributed by atoms with van der Waals surface area (Å²) < 4.78 is 27.4. The molecule has 0 radical (unpaired) electrons. The van der Waals surface area contributed by atoms with Gasteiger partial charge in [0.05, 0.1) is 21.9 Å². The maximum Gasteiger partial charge on any atom is 0.261 e. The lowest BCUT2D eigenvalue weighted by molar-refractivity contribution is -0.125. The zero-order valence-corrected chi connectivity index (χ0v) is 17.1. The summed E-state index contributed by atoms with van der Waals surface area (Å²) in [4.78, 5) is 37.5. The first kappa shape index (κ1) is 19.8. The molecule has 146 valence electrons. The number of fused-ring (bicyclic) bond motifs is 1. The molecule has 3 amide bonds.